The Bertz CT molecular complexity index is 1120. The minimum Gasteiger partial charge on any atom is -0.494 e. The number of nitro benzene ring substituents is 1. The predicted molar refractivity (Wildman–Crippen MR) is 113 cm³/mol. The van der Waals surface area contributed by atoms with Crippen LogP contribution in [0.1, 0.15) is 5.56 Å². The first-order valence-corrected chi connectivity index (χ1v) is 9.43. The summed E-state index contributed by atoms with van der Waals surface area (Å²) in [6.07, 6.45) is 0. The summed E-state index contributed by atoms with van der Waals surface area (Å²) in [5.41, 5.74) is 7.79. The van der Waals surface area contributed by atoms with E-state index in [1.165, 1.54) is 6.07 Å². The van der Waals surface area contributed by atoms with Crippen molar-refractivity contribution >= 4 is 43.4 Å². The Morgan fingerprint density at radius 3 is 2.39 bits per heavy atom. The molecule has 0 radical (unpaired) electrons. The van der Waals surface area contributed by atoms with Crippen LogP contribution in [-0.4, -0.2) is 17.0 Å². The van der Waals surface area contributed by atoms with Gasteiger partial charge in [0.15, 0.2) is 0 Å². The van der Waals surface area contributed by atoms with Gasteiger partial charge in [-0.15, -0.1) is 0 Å². The highest BCUT2D eigenvalue weighted by atomic mass is 79.9. The molecule has 7 nitrogen and oxygen atoms in total. The lowest BCUT2D eigenvalue weighted by molar-refractivity contribution is -0.384. The van der Waals surface area contributed by atoms with Gasteiger partial charge in [-0.3, -0.25) is 10.1 Å². The van der Waals surface area contributed by atoms with E-state index in [1.807, 2.05) is 6.07 Å². The summed E-state index contributed by atoms with van der Waals surface area (Å²) in [5.74, 6) is 0.612. The number of anilines is 1. The number of nitro groups is 1. The minimum atomic E-state index is -0.493. The molecule has 0 saturated heterocycles. The van der Waals surface area contributed by atoms with Crippen LogP contribution >= 0.6 is 31.9 Å². The van der Waals surface area contributed by atoms with Crippen molar-refractivity contribution in [1.29, 1.82) is 5.26 Å². The molecule has 3 aromatic rings. The summed E-state index contributed by atoms with van der Waals surface area (Å²) in [6, 6.07) is 13.4. The summed E-state index contributed by atoms with van der Waals surface area (Å²) >= 11 is 6.88. The van der Waals surface area contributed by atoms with Gasteiger partial charge in [-0.1, -0.05) is 12.1 Å². The van der Waals surface area contributed by atoms with Crippen molar-refractivity contribution in [1.82, 2.24) is 4.98 Å². The summed E-state index contributed by atoms with van der Waals surface area (Å²) < 4.78 is 6.69. The van der Waals surface area contributed by atoms with Crippen LogP contribution in [0.15, 0.2) is 51.4 Å². The lowest BCUT2D eigenvalue weighted by Gasteiger charge is -2.12. The summed E-state index contributed by atoms with van der Waals surface area (Å²) in [5, 5.41) is 21.0. The summed E-state index contributed by atoms with van der Waals surface area (Å²) in [7, 11) is 1.55. The SMILES string of the molecule is COc1c(Br)cc(-c2cc(-c3ccccc3[N+](=O)[O-])c(C#N)c(N)n2)cc1Br. The van der Waals surface area contributed by atoms with E-state index in [4.69, 9.17) is 10.5 Å². The van der Waals surface area contributed by atoms with Gasteiger partial charge in [0.2, 0.25) is 0 Å². The quantitative estimate of drug-likeness (QED) is 0.381. The molecule has 0 unspecified atom stereocenters. The van der Waals surface area contributed by atoms with E-state index < -0.39 is 4.92 Å². The number of halogens is 2. The van der Waals surface area contributed by atoms with Gasteiger partial charge in [0.25, 0.3) is 5.69 Å². The zero-order valence-electron chi connectivity index (χ0n) is 14.4. The number of methoxy groups -OCH3 is 1. The van der Waals surface area contributed by atoms with Gasteiger partial charge in [0.1, 0.15) is 23.2 Å². The number of hydrogen-bond donors (Lipinski definition) is 1. The van der Waals surface area contributed by atoms with E-state index in [0.717, 1.165) is 0 Å². The number of nitriles is 1. The number of nitrogens with zero attached hydrogens (tertiary/aromatic N) is 3. The Morgan fingerprint density at radius 1 is 1.18 bits per heavy atom. The van der Waals surface area contributed by atoms with Crippen LogP contribution in [0.4, 0.5) is 11.5 Å². The molecular weight excluding hydrogens is 492 g/mol. The van der Waals surface area contributed by atoms with E-state index in [1.54, 1.807) is 43.5 Å². The molecule has 28 heavy (non-hydrogen) atoms. The Labute approximate surface area is 177 Å². The van der Waals surface area contributed by atoms with Crippen molar-refractivity contribution < 1.29 is 9.66 Å². The average Bonchev–Trinajstić information content (AvgIpc) is 2.67. The number of ether oxygens (including phenoxy) is 1. The highest BCUT2D eigenvalue weighted by Crippen LogP contribution is 2.40. The topological polar surface area (TPSA) is 115 Å². The van der Waals surface area contributed by atoms with Crippen LogP contribution in [0, 0.1) is 21.4 Å². The van der Waals surface area contributed by atoms with Crippen molar-refractivity contribution in [3.63, 3.8) is 0 Å². The number of benzene rings is 2. The van der Waals surface area contributed by atoms with Gasteiger partial charge < -0.3 is 10.5 Å². The number of rotatable bonds is 4. The van der Waals surface area contributed by atoms with Gasteiger partial charge >= 0.3 is 0 Å². The fourth-order valence-electron chi connectivity index (χ4n) is 2.81. The maximum absolute atomic E-state index is 11.4. The smallest absolute Gasteiger partial charge is 0.277 e. The summed E-state index contributed by atoms with van der Waals surface area (Å²) in [4.78, 5) is 15.3. The predicted octanol–water partition coefficient (Wildman–Crippen LogP) is 5.31. The first-order valence-electron chi connectivity index (χ1n) is 7.85. The standard InChI is InChI=1S/C19H12Br2N4O3/c1-28-18-14(20)6-10(7-15(18)21)16-8-12(13(9-22)19(23)24-16)11-4-2-3-5-17(11)25(26)27/h2-8H,1H3,(H2,23,24). The number of nitrogens with two attached hydrogens (primary N) is 1. The molecule has 0 saturated carbocycles. The number of pyridine rings is 1. The number of hydrogen-bond acceptors (Lipinski definition) is 6. The number of aromatic nitrogens is 1. The van der Waals surface area contributed by atoms with Gasteiger partial charge in [-0.05, 0) is 56.1 Å². The molecule has 3 rings (SSSR count). The largest absolute Gasteiger partial charge is 0.494 e. The zero-order valence-corrected chi connectivity index (χ0v) is 17.6. The Balaban J connectivity index is 2.29. The van der Waals surface area contributed by atoms with E-state index in [-0.39, 0.29) is 17.1 Å². The van der Waals surface area contributed by atoms with Crippen LogP contribution in [-0.2, 0) is 0 Å². The molecule has 2 N–H and O–H groups in total. The molecule has 9 heteroatoms. The van der Waals surface area contributed by atoms with E-state index >= 15 is 0 Å². The zero-order chi connectivity index (χ0) is 20.4. The molecule has 2 aromatic carbocycles. The fraction of sp³-hybridized carbons (Fsp3) is 0.0526. The first kappa shape index (κ1) is 19.8. The minimum absolute atomic E-state index is 0.00351. The highest BCUT2D eigenvalue weighted by Gasteiger charge is 2.21. The van der Waals surface area contributed by atoms with Crippen molar-refractivity contribution in [2.24, 2.45) is 0 Å². The third-order valence-electron chi connectivity index (χ3n) is 4.05. The fourth-order valence-corrected chi connectivity index (χ4v) is 4.32. The Kier molecular flexibility index (Phi) is 5.63. The van der Waals surface area contributed by atoms with Crippen LogP contribution in [0.2, 0.25) is 0 Å². The van der Waals surface area contributed by atoms with E-state index in [9.17, 15) is 15.4 Å². The second-order valence-corrected chi connectivity index (χ2v) is 7.38. The Hall–Kier alpha value is -2.96. The third kappa shape index (κ3) is 3.56. The number of nitrogen functional groups attached to an aromatic ring is 1. The first-order chi connectivity index (χ1) is 13.4. The van der Waals surface area contributed by atoms with Gasteiger partial charge in [0, 0.05) is 17.2 Å². The second kappa shape index (κ2) is 7.96. The van der Waals surface area contributed by atoms with Gasteiger partial charge in [0.05, 0.1) is 32.2 Å². The number of para-hydroxylation sites is 1. The molecule has 0 amide bonds. The maximum atomic E-state index is 11.4. The molecular formula is C19H12Br2N4O3. The molecule has 0 aliphatic heterocycles. The summed E-state index contributed by atoms with van der Waals surface area (Å²) in [6.45, 7) is 0. The molecule has 0 fully saturated rings. The normalized spacial score (nSPS) is 10.4. The van der Waals surface area contributed by atoms with Crippen LogP contribution in [0.25, 0.3) is 22.4 Å². The molecule has 1 heterocycles. The molecule has 0 atom stereocenters. The van der Waals surface area contributed by atoms with Crippen molar-refractivity contribution in [2.45, 2.75) is 0 Å². The van der Waals surface area contributed by atoms with Crippen molar-refractivity contribution in [3.8, 4) is 34.2 Å². The second-order valence-electron chi connectivity index (χ2n) is 5.67. The third-order valence-corrected chi connectivity index (χ3v) is 5.23. The molecule has 1 aromatic heterocycles. The van der Waals surface area contributed by atoms with E-state index in [2.05, 4.69) is 36.8 Å². The lowest BCUT2D eigenvalue weighted by atomic mass is 9.97. The van der Waals surface area contributed by atoms with Crippen molar-refractivity contribution in [3.05, 3.63) is 67.1 Å². The van der Waals surface area contributed by atoms with Gasteiger partial charge in [-0.25, -0.2) is 4.98 Å². The maximum Gasteiger partial charge on any atom is 0.277 e. The van der Waals surface area contributed by atoms with Crippen LogP contribution in [0.3, 0.4) is 0 Å². The molecule has 0 aliphatic rings. The van der Waals surface area contributed by atoms with Crippen molar-refractivity contribution in [2.75, 3.05) is 12.8 Å². The van der Waals surface area contributed by atoms with Crippen LogP contribution < -0.4 is 10.5 Å². The molecule has 140 valence electrons. The average molecular weight is 504 g/mol. The Morgan fingerprint density at radius 2 is 1.82 bits per heavy atom. The monoisotopic (exact) mass is 502 g/mol. The molecule has 0 aliphatic carbocycles. The molecule has 0 spiro atoms. The van der Waals surface area contributed by atoms with E-state index in [0.29, 0.717) is 37.1 Å². The molecule has 0 bridgehead atoms. The lowest BCUT2D eigenvalue weighted by Crippen LogP contribution is -2.01. The van der Waals surface area contributed by atoms with Gasteiger partial charge in [-0.2, -0.15) is 5.26 Å². The van der Waals surface area contributed by atoms with Crippen LogP contribution in [0.5, 0.6) is 5.75 Å². The highest BCUT2D eigenvalue weighted by molar-refractivity contribution is 9.11.